The van der Waals surface area contributed by atoms with Crippen LogP contribution >= 0.6 is 23.1 Å². The number of fused-ring (bicyclic) bond motifs is 1. The van der Waals surface area contributed by atoms with Gasteiger partial charge in [0, 0.05) is 18.4 Å². The van der Waals surface area contributed by atoms with E-state index in [-0.39, 0.29) is 11.3 Å². The van der Waals surface area contributed by atoms with Crippen molar-refractivity contribution >= 4 is 33.4 Å². The minimum Gasteiger partial charge on any atom is -0.506 e. The van der Waals surface area contributed by atoms with Gasteiger partial charge in [0.25, 0.3) is 10.8 Å². The fraction of sp³-hybridized carbons (Fsp3) is 0.400. The molecule has 2 aromatic rings. The fourth-order valence-corrected chi connectivity index (χ4v) is 2.66. The Balaban J connectivity index is 2.63. The molecule has 5 nitrogen and oxygen atoms in total. The Hall–Kier alpha value is -1.21. The molecule has 17 heavy (non-hydrogen) atoms. The maximum atomic E-state index is 11.8. The molecule has 0 aliphatic heterocycles. The highest BCUT2D eigenvalue weighted by atomic mass is 32.2. The smallest absolute Gasteiger partial charge is 0.275 e. The Morgan fingerprint density at radius 3 is 3.06 bits per heavy atom. The van der Waals surface area contributed by atoms with Crippen LogP contribution < -0.4 is 10.3 Å². The maximum Gasteiger partial charge on any atom is 0.275 e. The molecule has 92 valence electrons. The molecule has 1 N–H and O–H groups in total. The number of aromatic hydroxyl groups is 1. The van der Waals surface area contributed by atoms with Crippen LogP contribution in [0, 0.1) is 0 Å². The molecule has 0 saturated carbocycles. The van der Waals surface area contributed by atoms with Crippen LogP contribution in [0.4, 0.5) is 0 Å². The molecule has 0 fully saturated rings. The van der Waals surface area contributed by atoms with E-state index in [1.807, 2.05) is 6.26 Å². The second-order valence-corrected chi connectivity index (χ2v) is 5.30. The molecule has 2 rings (SSSR count). The number of pyridine rings is 1. The lowest BCUT2D eigenvalue weighted by Crippen LogP contribution is -2.20. The summed E-state index contributed by atoms with van der Waals surface area (Å²) in [6.45, 7) is 0.573. The van der Waals surface area contributed by atoms with Crippen molar-refractivity contribution in [1.29, 1.82) is 0 Å². The largest absolute Gasteiger partial charge is 0.506 e. The summed E-state index contributed by atoms with van der Waals surface area (Å²) in [7, 11) is 1.51. The van der Waals surface area contributed by atoms with Crippen molar-refractivity contribution in [2.45, 2.75) is 6.54 Å². The average molecular weight is 272 g/mol. The maximum absolute atomic E-state index is 11.8. The minimum absolute atomic E-state index is 0.0359. The van der Waals surface area contributed by atoms with Gasteiger partial charge in [-0.3, -0.25) is 9.36 Å². The number of rotatable bonds is 4. The fourth-order valence-electron chi connectivity index (χ4n) is 1.49. The Morgan fingerprint density at radius 1 is 1.65 bits per heavy atom. The first-order chi connectivity index (χ1) is 8.17. The van der Waals surface area contributed by atoms with E-state index < -0.39 is 0 Å². The molecule has 0 saturated heterocycles. The summed E-state index contributed by atoms with van der Waals surface area (Å²) in [4.78, 5) is 16.0. The van der Waals surface area contributed by atoms with Crippen molar-refractivity contribution < 1.29 is 9.84 Å². The molecule has 0 unspecified atom stereocenters. The number of hydrogen-bond acceptors (Lipinski definition) is 6. The molecule has 0 spiro atoms. The van der Waals surface area contributed by atoms with Crippen LogP contribution in [0.5, 0.6) is 10.9 Å². The van der Waals surface area contributed by atoms with E-state index >= 15 is 0 Å². The zero-order chi connectivity index (χ0) is 12.4. The molecule has 0 amide bonds. The van der Waals surface area contributed by atoms with Crippen molar-refractivity contribution in [2.75, 3.05) is 19.1 Å². The molecule has 7 heteroatoms. The Kier molecular flexibility index (Phi) is 3.58. The second-order valence-electron chi connectivity index (χ2n) is 3.35. The van der Waals surface area contributed by atoms with Gasteiger partial charge in [-0.2, -0.15) is 16.7 Å². The normalized spacial score (nSPS) is 10.9. The van der Waals surface area contributed by atoms with Crippen LogP contribution in [0.1, 0.15) is 0 Å². The van der Waals surface area contributed by atoms with E-state index in [1.54, 1.807) is 16.3 Å². The van der Waals surface area contributed by atoms with Crippen LogP contribution in [0.25, 0.3) is 10.3 Å². The summed E-state index contributed by atoms with van der Waals surface area (Å²) in [5.74, 6) is 0.783. The monoisotopic (exact) mass is 272 g/mol. The lowest BCUT2D eigenvalue weighted by molar-refractivity contribution is 0.412. The van der Waals surface area contributed by atoms with E-state index in [1.165, 1.54) is 24.5 Å². The van der Waals surface area contributed by atoms with Crippen molar-refractivity contribution in [3.05, 3.63) is 16.4 Å². The predicted molar refractivity (Wildman–Crippen MR) is 70.5 cm³/mol. The third-order valence-corrected chi connectivity index (χ3v) is 3.92. The van der Waals surface area contributed by atoms with E-state index in [2.05, 4.69) is 4.98 Å². The molecule has 0 atom stereocenters. The highest BCUT2D eigenvalue weighted by Gasteiger charge is 2.14. The highest BCUT2D eigenvalue weighted by Crippen LogP contribution is 2.32. The Morgan fingerprint density at radius 2 is 2.41 bits per heavy atom. The van der Waals surface area contributed by atoms with Gasteiger partial charge in [0.2, 0.25) is 0 Å². The van der Waals surface area contributed by atoms with Crippen LogP contribution in [-0.2, 0) is 6.54 Å². The van der Waals surface area contributed by atoms with Gasteiger partial charge in [0.1, 0.15) is 10.4 Å². The number of hydrogen-bond donors (Lipinski definition) is 1. The standard InChI is InChI=1S/C10H12N2O3S2/c1-15-10-11-9-8(17-10)6(13)5-7(14)12(9)3-4-16-2/h5,13H,3-4H2,1-2H3. The van der Waals surface area contributed by atoms with E-state index in [0.717, 1.165) is 5.75 Å². The van der Waals surface area contributed by atoms with Gasteiger partial charge in [0.15, 0.2) is 5.65 Å². The van der Waals surface area contributed by atoms with Crippen LogP contribution in [0.2, 0.25) is 0 Å². The summed E-state index contributed by atoms with van der Waals surface area (Å²) in [5, 5.41) is 10.2. The average Bonchev–Trinajstić information content (AvgIpc) is 2.73. The third-order valence-electron chi connectivity index (χ3n) is 2.30. The van der Waals surface area contributed by atoms with Gasteiger partial charge >= 0.3 is 0 Å². The number of methoxy groups -OCH3 is 1. The van der Waals surface area contributed by atoms with Crippen molar-refractivity contribution in [3.63, 3.8) is 0 Å². The van der Waals surface area contributed by atoms with Crippen molar-refractivity contribution in [2.24, 2.45) is 0 Å². The quantitative estimate of drug-likeness (QED) is 0.914. The van der Waals surface area contributed by atoms with Gasteiger partial charge in [-0.05, 0) is 6.26 Å². The number of thiazole rings is 1. The molecule has 2 aromatic heterocycles. The summed E-state index contributed by atoms with van der Waals surface area (Å²) in [6, 6.07) is 1.22. The molecular weight excluding hydrogens is 260 g/mol. The van der Waals surface area contributed by atoms with Gasteiger partial charge in [-0.15, -0.1) is 0 Å². The number of nitrogens with zero attached hydrogens (tertiary/aromatic N) is 2. The molecule has 0 aliphatic carbocycles. The van der Waals surface area contributed by atoms with Crippen LogP contribution in [-0.4, -0.2) is 33.8 Å². The van der Waals surface area contributed by atoms with E-state index in [4.69, 9.17) is 4.74 Å². The van der Waals surface area contributed by atoms with Crippen molar-refractivity contribution in [1.82, 2.24) is 9.55 Å². The first-order valence-electron chi connectivity index (χ1n) is 4.93. The zero-order valence-electron chi connectivity index (χ0n) is 9.47. The van der Waals surface area contributed by atoms with Crippen LogP contribution in [0.15, 0.2) is 10.9 Å². The minimum atomic E-state index is -0.239. The van der Waals surface area contributed by atoms with Gasteiger partial charge < -0.3 is 9.84 Å². The first-order valence-corrected chi connectivity index (χ1v) is 7.14. The highest BCUT2D eigenvalue weighted by molar-refractivity contribution is 7.98. The van der Waals surface area contributed by atoms with Crippen molar-refractivity contribution in [3.8, 4) is 10.9 Å². The molecule has 0 bridgehead atoms. The lowest BCUT2D eigenvalue weighted by atomic mass is 10.4. The molecule has 2 heterocycles. The first kappa shape index (κ1) is 12.3. The Labute approximate surface area is 106 Å². The summed E-state index contributed by atoms with van der Waals surface area (Å²) >= 11 is 2.88. The topological polar surface area (TPSA) is 64.3 Å². The summed E-state index contributed by atoms with van der Waals surface area (Å²) in [5.41, 5.74) is 0.253. The molecule has 0 radical (unpaired) electrons. The zero-order valence-corrected chi connectivity index (χ0v) is 11.1. The second kappa shape index (κ2) is 4.97. The molecular formula is C10H12N2O3S2. The van der Waals surface area contributed by atoms with Gasteiger partial charge in [-0.25, -0.2) is 0 Å². The SMILES string of the molecule is COc1nc2c(s1)c(O)cc(=O)n2CCSC. The molecule has 0 aromatic carbocycles. The number of ether oxygens (including phenoxy) is 1. The summed E-state index contributed by atoms with van der Waals surface area (Å²) < 4.78 is 7.18. The molecule has 0 aliphatic rings. The van der Waals surface area contributed by atoms with Gasteiger partial charge in [0.05, 0.1) is 7.11 Å². The van der Waals surface area contributed by atoms with Gasteiger partial charge in [-0.1, -0.05) is 11.3 Å². The lowest BCUT2D eigenvalue weighted by Gasteiger charge is -2.05. The third kappa shape index (κ3) is 2.25. The number of aromatic nitrogens is 2. The number of aryl methyl sites for hydroxylation is 1. The Bertz CT molecular complexity index is 591. The summed E-state index contributed by atoms with van der Waals surface area (Å²) in [6.07, 6.45) is 1.98. The van der Waals surface area contributed by atoms with Crippen LogP contribution in [0.3, 0.4) is 0 Å². The van der Waals surface area contributed by atoms with E-state index in [0.29, 0.717) is 22.1 Å². The number of thioether (sulfide) groups is 1. The predicted octanol–water partition coefficient (Wildman–Crippen LogP) is 1.54. The van der Waals surface area contributed by atoms with E-state index in [9.17, 15) is 9.90 Å².